The fourth-order valence-electron chi connectivity index (χ4n) is 2.55. The highest BCUT2D eigenvalue weighted by Crippen LogP contribution is 2.28. The zero-order valence-electron chi connectivity index (χ0n) is 17.3. The Balaban J connectivity index is 1.90. The van der Waals surface area contributed by atoms with E-state index >= 15 is 0 Å². The molecule has 8 N–H and O–H groups in total. The van der Waals surface area contributed by atoms with Crippen molar-refractivity contribution in [2.24, 2.45) is 0 Å². The number of rotatable bonds is 12. The second-order valence-electron chi connectivity index (χ2n) is 6.63. The first-order valence-electron chi connectivity index (χ1n) is 9.85. The summed E-state index contributed by atoms with van der Waals surface area (Å²) >= 11 is 0. The zero-order chi connectivity index (χ0) is 22.6. The quantitative estimate of drug-likeness (QED) is 0.287. The lowest BCUT2D eigenvalue weighted by molar-refractivity contribution is -0.371. The van der Waals surface area contributed by atoms with Gasteiger partial charge in [-0.2, -0.15) is 0 Å². The van der Waals surface area contributed by atoms with E-state index in [0.29, 0.717) is 48.9 Å². The molecule has 164 valence electrons. The molecule has 0 aliphatic carbocycles. The van der Waals surface area contributed by atoms with E-state index in [0.717, 1.165) is 0 Å². The molecule has 0 bridgehead atoms. The summed E-state index contributed by atoms with van der Waals surface area (Å²) in [6.45, 7) is 1.95. The standard InChI is InChI=1S/C23H26N2O6/c24-9-11-30-22-7-3-16(13-20(22)28)1-5-18(26)15-19(27)6-2-17-4-8-23(21(29)14-17)31-12-10-25/h1-8,13-14,28-29H,9-12,15,24-25H2/p+2/b5-1+,6-2+. The highest BCUT2D eigenvalue weighted by molar-refractivity contribution is 6.10. The van der Waals surface area contributed by atoms with Crippen LogP contribution in [0.3, 0.4) is 0 Å². The average molecular weight is 428 g/mol. The second-order valence-corrected chi connectivity index (χ2v) is 6.63. The van der Waals surface area contributed by atoms with Gasteiger partial charge in [0.1, 0.15) is 26.3 Å². The number of ether oxygens (including phenoxy) is 2. The Morgan fingerprint density at radius 2 is 1.19 bits per heavy atom. The molecule has 2 aromatic carbocycles. The Labute approximate surface area is 180 Å². The zero-order valence-corrected chi connectivity index (χ0v) is 17.3. The minimum atomic E-state index is -0.369. The third-order valence-corrected chi connectivity index (χ3v) is 4.04. The van der Waals surface area contributed by atoms with Crippen molar-refractivity contribution < 1.29 is 40.7 Å². The molecule has 0 amide bonds. The summed E-state index contributed by atoms with van der Waals surface area (Å²) in [5.74, 6) is -0.111. The van der Waals surface area contributed by atoms with Crippen LogP contribution < -0.4 is 20.9 Å². The summed E-state index contributed by atoms with van der Waals surface area (Å²) in [6.07, 6.45) is 5.33. The number of phenolic OH excluding ortho intramolecular Hbond substituents is 2. The molecule has 0 saturated carbocycles. The summed E-state index contributed by atoms with van der Waals surface area (Å²) in [6, 6.07) is 9.55. The van der Waals surface area contributed by atoms with Gasteiger partial charge in [-0.25, -0.2) is 0 Å². The molecule has 0 aliphatic rings. The number of hydrogen-bond donors (Lipinski definition) is 4. The molecule has 0 fully saturated rings. The first-order chi connectivity index (χ1) is 14.9. The van der Waals surface area contributed by atoms with Crippen molar-refractivity contribution in [3.8, 4) is 23.0 Å². The molecule has 0 spiro atoms. The number of ketones is 2. The van der Waals surface area contributed by atoms with E-state index in [1.54, 1.807) is 24.3 Å². The van der Waals surface area contributed by atoms with Gasteiger partial charge in [0.25, 0.3) is 0 Å². The van der Waals surface area contributed by atoms with Crippen LogP contribution in [0.25, 0.3) is 12.2 Å². The van der Waals surface area contributed by atoms with E-state index < -0.39 is 0 Å². The molecule has 2 rings (SSSR count). The maximum atomic E-state index is 12.0. The molecule has 2 aromatic rings. The van der Waals surface area contributed by atoms with Gasteiger partial charge < -0.3 is 31.2 Å². The van der Waals surface area contributed by atoms with E-state index in [-0.39, 0.29) is 29.5 Å². The van der Waals surface area contributed by atoms with Crippen molar-refractivity contribution in [1.82, 2.24) is 0 Å². The Kier molecular flexibility index (Phi) is 9.28. The van der Waals surface area contributed by atoms with Gasteiger partial charge in [0.2, 0.25) is 0 Å². The number of hydrogen-bond acceptors (Lipinski definition) is 6. The van der Waals surface area contributed by atoms with E-state index in [1.807, 2.05) is 0 Å². The molecule has 0 radical (unpaired) electrons. The highest BCUT2D eigenvalue weighted by Gasteiger charge is 2.07. The van der Waals surface area contributed by atoms with Crippen LogP contribution in [-0.2, 0) is 9.59 Å². The summed E-state index contributed by atoms with van der Waals surface area (Å²) in [5, 5.41) is 19.9. The molecule has 0 aliphatic heterocycles. The van der Waals surface area contributed by atoms with Crippen LogP contribution in [0.4, 0.5) is 0 Å². The number of quaternary nitrogens is 2. The van der Waals surface area contributed by atoms with Crippen LogP contribution in [-0.4, -0.2) is 48.1 Å². The number of allylic oxidation sites excluding steroid dienone is 2. The van der Waals surface area contributed by atoms with E-state index in [4.69, 9.17) is 9.47 Å². The van der Waals surface area contributed by atoms with Crippen molar-refractivity contribution in [3.63, 3.8) is 0 Å². The molecule has 8 heteroatoms. The minimum Gasteiger partial charge on any atom is -0.504 e. The van der Waals surface area contributed by atoms with Gasteiger partial charge in [-0.05, 0) is 47.5 Å². The van der Waals surface area contributed by atoms with Crippen LogP contribution in [0.5, 0.6) is 23.0 Å². The first kappa shape index (κ1) is 23.7. The molecule has 0 unspecified atom stereocenters. The molecule has 0 heterocycles. The first-order valence-corrected chi connectivity index (χ1v) is 9.85. The second kappa shape index (κ2) is 12.2. The van der Waals surface area contributed by atoms with Gasteiger partial charge in [-0.3, -0.25) is 9.59 Å². The fraction of sp³-hybridized carbons (Fsp3) is 0.217. The van der Waals surface area contributed by atoms with Crippen LogP contribution in [0.15, 0.2) is 48.6 Å². The van der Waals surface area contributed by atoms with Gasteiger partial charge in [0, 0.05) is 0 Å². The average Bonchev–Trinajstić information content (AvgIpc) is 2.75. The van der Waals surface area contributed by atoms with Gasteiger partial charge in [0.05, 0.1) is 6.42 Å². The van der Waals surface area contributed by atoms with Crippen LogP contribution in [0.2, 0.25) is 0 Å². The number of carbonyl (C=O) groups is 2. The third kappa shape index (κ3) is 7.96. The molecular formula is C23H28N2O6+2. The normalized spacial score (nSPS) is 11.2. The molecule has 8 nitrogen and oxygen atoms in total. The lowest BCUT2D eigenvalue weighted by Crippen LogP contribution is -2.52. The van der Waals surface area contributed by atoms with Crippen molar-refractivity contribution in [3.05, 3.63) is 59.7 Å². The number of carbonyl (C=O) groups excluding carboxylic acids is 2. The topological polar surface area (TPSA) is 148 Å². The van der Waals surface area contributed by atoms with E-state index in [2.05, 4.69) is 11.5 Å². The Bertz CT molecular complexity index is 891. The van der Waals surface area contributed by atoms with Crippen LogP contribution in [0, 0.1) is 0 Å². The van der Waals surface area contributed by atoms with E-state index in [1.165, 1.54) is 36.4 Å². The van der Waals surface area contributed by atoms with Gasteiger partial charge >= 0.3 is 0 Å². The summed E-state index contributed by atoms with van der Waals surface area (Å²) in [5.41, 5.74) is 8.53. The summed E-state index contributed by atoms with van der Waals surface area (Å²) in [4.78, 5) is 24.1. The van der Waals surface area contributed by atoms with Crippen LogP contribution in [0.1, 0.15) is 17.5 Å². The van der Waals surface area contributed by atoms with Gasteiger partial charge in [-0.15, -0.1) is 0 Å². The fourth-order valence-corrected chi connectivity index (χ4v) is 2.55. The van der Waals surface area contributed by atoms with Crippen molar-refractivity contribution in [2.45, 2.75) is 6.42 Å². The summed E-state index contributed by atoms with van der Waals surface area (Å²) < 4.78 is 10.7. The molecule has 0 atom stereocenters. The van der Waals surface area contributed by atoms with Gasteiger partial charge in [-0.1, -0.05) is 24.3 Å². The number of phenols is 2. The minimum absolute atomic E-state index is 0.0342. The predicted octanol–water partition coefficient (Wildman–Crippen LogP) is 0.594. The molecular weight excluding hydrogens is 400 g/mol. The van der Waals surface area contributed by atoms with E-state index in [9.17, 15) is 19.8 Å². The monoisotopic (exact) mass is 428 g/mol. The van der Waals surface area contributed by atoms with Crippen LogP contribution >= 0.6 is 0 Å². The van der Waals surface area contributed by atoms with Crippen molar-refractivity contribution in [1.29, 1.82) is 0 Å². The maximum absolute atomic E-state index is 12.0. The molecule has 0 aromatic heterocycles. The number of benzene rings is 2. The Morgan fingerprint density at radius 3 is 1.55 bits per heavy atom. The smallest absolute Gasteiger partial charge is 0.163 e. The van der Waals surface area contributed by atoms with Gasteiger partial charge in [0.15, 0.2) is 34.6 Å². The molecule has 31 heavy (non-hydrogen) atoms. The summed E-state index contributed by atoms with van der Waals surface area (Å²) in [7, 11) is 0. The highest BCUT2D eigenvalue weighted by atomic mass is 16.5. The lowest BCUT2D eigenvalue weighted by atomic mass is 10.1. The molecule has 0 saturated heterocycles. The Morgan fingerprint density at radius 1 is 0.774 bits per heavy atom. The van der Waals surface area contributed by atoms with Crippen molar-refractivity contribution >= 4 is 23.7 Å². The third-order valence-electron chi connectivity index (χ3n) is 4.04. The maximum Gasteiger partial charge on any atom is 0.163 e. The number of aromatic hydroxyl groups is 2. The largest absolute Gasteiger partial charge is 0.504 e. The lowest BCUT2D eigenvalue weighted by Gasteiger charge is -2.06. The SMILES string of the molecule is [NH3+]CCOc1ccc(/C=C/C(=O)CC(=O)/C=C/c2ccc(OCC[NH3+])c(O)c2)cc1O. The Hall–Kier alpha value is -3.62. The van der Waals surface area contributed by atoms with Crippen molar-refractivity contribution in [2.75, 3.05) is 26.3 Å². The predicted molar refractivity (Wildman–Crippen MR) is 115 cm³/mol.